The van der Waals surface area contributed by atoms with Gasteiger partial charge in [0.2, 0.25) is 0 Å². The van der Waals surface area contributed by atoms with Crippen molar-refractivity contribution in [2.75, 3.05) is 26.2 Å². The van der Waals surface area contributed by atoms with Crippen molar-refractivity contribution < 1.29 is 24.5 Å². The van der Waals surface area contributed by atoms with Crippen LogP contribution in [0.4, 0.5) is 4.79 Å². The van der Waals surface area contributed by atoms with E-state index in [1.807, 2.05) is 44.4 Å². The van der Waals surface area contributed by atoms with Crippen LogP contribution >= 0.6 is 0 Å². The zero-order valence-corrected chi connectivity index (χ0v) is 24.0. The molecule has 0 aliphatic carbocycles. The minimum Gasteiger partial charge on any atom is -0.494 e. The first-order valence-electron chi connectivity index (χ1n) is 12.5. The van der Waals surface area contributed by atoms with Crippen molar-refractivity contribution in [3.8, 4) is 11.5 Å². The zero-order chi connectivity index (χ0) is 28.3. The number of carbonyl (C=O) groups excluding carboxylic acids is 2. The van der Waals surface area contributed by atoms with Crippen LogP contribution in [0.1, 0.15) is 68.7 Å². The lowest BCUT2D eigenvalue weighted by atomic mass is 10.0. The molecule has 1 saturated heterocycles. The lowest BCUT2D eigenvalue weighted by molar-refractivity contribution is -0.137. The molecule has 2 amide bonds. The number of urea groups is 1. The first kappa shape index (κ1) is 35.4. The van der Waals surface area contributed by atoms with Crippen molar-refractivity contribution in [1.82, 2.24) is 9.80 Å². The molecule has 1 N–H and O–H groups in total. The van der Waals surface area contributed by atoms with Crippen molar-refractivity contribution >= 4 is 12.3 Å². The van der Waals surface area contributed by atoms with Crippen molar-refractivity contribution in [1.29, 1.82) is 0 Å². The van der Waals surface area contributed by atoms with Crippen molar-refractivity contribution in [3.05, 3.63) is 49.1 Å². The molecule has 1 aliphatic rings. The fraction of sp³-hybridized carbons (Fsp3) is 0.586. The van der Waals surface area contributed by atoms with Gasteiger partial charge in [-0.1, -0.05) is 59.8 Å². The number of carbonyl (C=O) groups is 2. The average Bonchev–Trinajstić information content (AvgIpc) is 3.07. The van der Waals surface area contributed by atoms with Crippen LogP contribution in [0.15, 0.2) is 49.1 Å². The Morgan fingerprint density at radius 2 is 1.64 bits per heavy atom. The first-order valence-corrected chi connectivity index (χ1v) is 12.5. The van der Waals surface area contributed by atoms with E-state index in [1.165, 1.54) is 0 Å². The first-order chi connectivity index (χ1) is 16.7. The van der Waals surface area contributed by atoms with Crippen LogP contribution in [0.3, 0.4) is 0 Å². The number of hydrogen-bond donors (Lipinski definition) is 1. The zero-order valence-electron chi connectivity index (χ0n) is 24.0. The molecular weight excluding hydrogens is 456 g/mol. The largest absolute Gasteiger partial charge is 0.494 e. The number of rotatable bonds is 9. The van der Waals surface area contributed by atoms with Crippen molar-refractivity contribution in [2.45, 2.75) is 74.8 Å². The molecule has 1 aromatic rings. The number of ether oxygens (including phenoxy) is 1. The molecule has 2 rings (SSSR count). The standard InChI is InChI=1S/C17H24N2O4.C5H12.C4H8O.C3H6/c1-4-19-14(12-18(17(19)20)11-13(2)3)9-10-22-15-5-7-16(23-21)8-6-15;1-5(2,3)4;1-4(2)3-5;1-3-2/h5-8,14,21H,2,4,9-12H2,1,3H3;1-4H3;3-4H,1-2H3;3H,1H2,2H3. The predicted molar refractivity (Wildman–Crippen MR) is 150 cm³/mol. The van der Waals surface area contributed by atoms with Gasteiger partial charge in [0.25, 0.3) is 0 Å². The van der Waals surface area contributed by atoms with Gasteiger partial charge in [0.05, 0.1) is 12.6 Å². The highest BCUT2D eigenvalue weighted by molar-refractivity contribution is 5.77. The van der Waals surface area contributed by atoms with Crippen LogP contribution in [-0.4, -0.2) is 59.7 Å². The second-order valence-corrected chi connectivity index (χ2v) is 10.5. The molecule has 0 aromatic heterocycles. The number of benzene rings is 1. The summed E-state index contributed by atoms with van der Waals surface area (Å²) < 4.78 is 5.70. The van der Waals surface area contributed by atoms with Crippen LogP contribution in [0, 0.1) is 11.3 Å². The Labute approximate surface area is 219 Å². The Balaban J connectivity index is 0. The summed E-state index contributed by atoms with van der Waals surface area (Å²) in [4.78, 5) is 29.7. The third kappa shape index (κ3) is 18.5. The van der Waals surface area contributed by atoms with Crippen LogP contribution < -0.4 is 9.62 Å². The number of amides is 2. The van der Waals surface area contributed by atoms with E-state index in [9.17, 15) is 9.59 Å². The van der Waals surface area contributed by atoms with Gasteiger partial charge >= 0.3 is 6.03 Å². The summed E-state index contributed by atoms with van der Waals surface area (Å²) in [6.07, 6.45) is 3.44. The van der Waals surface area contributed by atoms with Gasteiger partial charge in [-0.15, -0.1) is 6.58 Å². The van der Waals surface area contributed by atoms with E-state index in [0.717, 1.165) is 18.3 Å². The third-order valence-corrected chi connectivity index (χ3v) is 4.11. The van der Waals surface area contributed by atoms with Gasteiger partial charge in [0.1, 0.15) is 12.0 Å². The maximum Gasteiger partial charge on any atom is 0.320 e. The molecule has 1 unspecified atom stereocenters. The Kier molecular flexibility index (Phi) is 19.1. The summed E-state index contributed by atoms with van der Waals surface area (Å²) in [5, 5.41) is 8.53. The summed E-state index contributed by atoms with van der Waals surface area (Å²) in [5.74, 6) is 1.28. The molecule has 0 bridgehead atoms. The van der Waals surface area contributed by atoms with Crippen LogP contribution in [-0.2, 0) is 4.79 Å². The van der Waals surface area contributed by atoms with Crippen LogP contribution in [0.2, 0.25) is 0 Å². The highest BCUT2D eigenvalue weighted by Gasteiger charge is 2.35. The maximum atomic E-state index is 12.3. The molecule has 7 heteroatoms. The van der Waals surface area contributed by atoms with E-state index in [1.54, 1.807) is 30.3 Å². The van der Waals surface area contributed by atoms with Crippen LogP contribution in [0.5, 0.6) is 11.5 Å². The van der Waals surface area contributed by atoms with E-state index >= 15 is 0 Å². The van der Waals surface area contributed by atoms with Gasteiger partial charge in [0.15, 0.2) is 5.75 Å². The van der Waals surface area contributed by atoms with Crippen molar-refractivity contribution in [2.24, 2.45) is 11.3 Å². The molecule has 1 heterocycles. The average molecular weight is 507 g/mol. The molecule has 0 saturated carbocycles. The normalized spacial score (nSPS) is 14.4. The molecule has 0 spiro atoms. The Morgan fingerprint density at radius 3 is 2.00 bits per heavy atom. The minimum atomic E-state index is 0.0740. The minimum absolute atomic E-state index is 0.0740. The molecule has 1 atom stereocenters. The molecule has 7 nitrogen and oxygen atoms in total. The lowest BCUT2D eigenvalue weighted by Gasteiger charge is -2.21. The highest BCUT2D eigenvalue weighted by atomic mass is 17.1. The van der Waals surface area contributed by atoms with Crippen LogP contribution in [0.25, 0.3) is 0 Å². The number of allylic oxidation sites excluding steroid dienone is 1. The van der Waals surface area contributed by atoms with E-state index < -0.39 is 0 Å². The fourth-order valence-electron chi connectivity index (χ4n) is 2.78. The van der Waals surface area contributed by atoms with E-state index in [0.29, 0.717) is 43.2 Å². The van der Waals surface area contributed by atoms with E-state index in [2.05, 4.69) is 45.7 Å². The monoisotopic (exact) mass is 506 g/mol. The maximum absolute atomic E-state index is 12.3. The van der Waals surface area contributed by atoms with Gasteiger partial charge in [-0.3, -0.25) is 0 Å². The van der Waals surface area contributed by atoms with Gasteiger partial charge in [-0.2, -0.15) is 0 Å². The van der Waals surface area contributed by atoms with E-state index in [-0.39, 0.29) is 18.0 Å². The Morgan fingerprint density at radius 1 is 1.19 bits per heavy atom. The van der Waals surface area contributed by atoms with Gasteiger partial charge in [-0.05, 0) is 50.5 Å². The predicted octanol–water partition coefficient (Wildman–Crippen LogP) is 7.10. The highest BCUT2D eigenvalue weighted by Crippen LogP contribution is 2.21. The van der Waals surface area contributed by atoms with Crippen molar-refractivity contribution in [3.63, 3.8) is 0 Å². The summed E-state index contributed by atoms with van der Waals surface area (Å²) in [6.45, 7) is 28.0. The molecule has 206 valence electrons. The Hall–Kier alpha value is -2.80. The summed E-state index contributed by atoms with van der Waals surface area (Å²) in [7, 11) is 0. The lowest BCUT2D eigenvalue weighted by Crippen LogP contribution is -2.35. The summed E-state index contributed by atoms with van der Waals surface area (Å²) in [6, 6.07) is 6.95. The third-order valence-electron chi connectivity index (χ3n) is 4.11. The number of nitrogens with zero attached hydrogens (tertiary/aromatic N) is 2. The SMILES string of the molecule is C=C(C)CN1CC(CCOc2ccc(OO)cc2)N(CC)C1=O.C=CC.CC(C)(C)C.CC(C)C=O. The van der Waals surface area contributed by atoms with Gasteiger partial charge in [0, 0.05) is 32.0 Å². The topological polar surface area (TPSA) is 79.3 Å². The Bertz CT molecular complexity index is 748. The summed E-state index contributed by atoms with van der Waals surface area (Å²) >= 11 is 0. The molecule has 36 heavy (non-hydrogen) atoms. The quantitative estimate of drug-likeness (QED) is 0.167. The second kappa shape index (κ2) is 19.4. The number of hydrogen-bond acceptors (Lipinski definition) is 5. The molecule has 1 fully saturated rings. The van der Waals surface area contributed by atoms with Gasteiger partial charge in [-0.25, -0.2) is 10.1 Å². The fourth-order valence-corrected chi connectivity index (χ4v) is 2.78. The molecule has 1 aliphatic heterocycles. The number of aldehydes is 1. The summed E-state index contributed by atoms with van der Waals surface area (Å²) in [5.41, 5.74) is 1.48. The molecule has 0 radical (unpaired) electrons. The molecule has 1 aromatic carbocycles. The second-order valence-electron chi connectivity index (χ2n) is 10.5. The number of likely N-dealkylation sites (N-methyl/N-ethyl adjacent to an activating group) is 1. The van der Waals surface area contributed by atoms with E-state index in [4.69, 9.17) is 9.99 Å². The molecular formula is C29H50N2O5. The van der Waals surface area contributed by atoms with Gasteiger partial charge < -0.3 is 24.2 Å². The smallest absolute Gasteiger partial charge is 0.320 e.